The summed E-state index contributed by atoms with van der Waals surface area (Å²) in [5, 5.41) is 11.6. The van der Waals surface area contributed by atoms with Crippen LogP contribution in [-0.4, -0.2) is 66.8 Å². The minimum absolute atomic E-state index is 0.0309. The summed E-state index contributed by atoms with van der Waals surface area (Å²) < 4.78 is 0. The predicted molar refractivity (Wildman–Crippen MR) is 58.8 cm³/mol. The summed E-state index contributed by atoms with van der Waals surface area (Å²) in [5.74, 6) is 0. The summed E-state index contributed by atoms with van der Waals surface area (Å²) in [6, 6.07) is 0.0309. The topological polar surface area (TPSA) is 55.8 Å². The number of aliphatic hydroxyl groups is 1. The molecule has 0 unspecified atom stereocenters. The molecule has 5 heteroatoms. The Balaban J connectivity index is 2.35. The number of aliphatic hydroxyl groups excluding tert-OH is 1. The van der Waals surface area contributed by atoms with E-state index in [1.807, 2.05) is 11.8 Å². The van der Waals surface area contributed by atoms with Gasteiger partial charge >= 0.3 is 6.03 Å². The first-order valence-electron chi connectivity index (χ1n) is 5.64. The summed E-state index contributed by atoms with van der Waals surface area (Å²) in [5.41, 5.74) is 0. The molecule has 0 atom stereocenters. The Kier molecular flexibility index (Phi) is 5.42. The molecule has 1 heterocycles. The average Bonchev–Trinajstić information content (AvgIpc) is 2.44. The number of nitrogens with one attached hydrogen (secondary N) is 1. The van der Waals surface area contributed by atoms with Crippen LogP contribution in [0.5, 0.6) is 0 Å². The van der Waals surface area contributed by atoms with Gasteiger partial charge in [-0.2, -0.15) is 0 Å². The van der Waals surface area contributed by atoms with Gasteiger partial charge in [0.15, 0.2) is 0 Å². The number of β-amino-alcohol motifs (C(OH)–C–C–N with tert-alkyl or cyclic N) is 1. The lowest BCUT2D eigenvalue weighted by atomic mass is 10.4. The minimum Gasteiger partial charge on any atom is -0.395 e. The van der Waals surface area contributed by atoms with Crippen LogP contribution in [0.2, 0.25) is 0 Å². The van der Waals surface area contributed by atoms with Gasteiger partial charge in [0, 0.05) is 32.7 Å². The van der Waals surface area contributed by atoms with Gasteiger partial charge in [-0.25, -0.2) is 4.79 Å². The average molecular weight is 215 g/mol. The van der Waals surface area contributed by atoms with Crippen LogP contribution in [-0.2, 0) is 0 Å². The van der Waals surface area contributed by atoms with E-state index < -0.39 is 0 Å². The van der Waals surface area contributed by atoms with E-state index in [9.17, 15) is 4.79 Å². The Morgan fingerprint density at radius 1 is 1.33 bits per heavy atom. The van der Waals surface area contributed by atoms with E-state index >= 15 is 0 Å². The Hall–Kier alpha value is -0.810. The Morgan fingerprint density at radius 2 is 2.13 bits per heavy atom. The number of carbonyl (C=O) groups is 1. The standard InChI is InChI=1S/C10H21N3O2/c1-2-11-10(15)13-5-3-4-12(6-7-13)8-9-14/h14H,2-9H2,1H3,(H,11,15). The molecule has 0 aromatic carbocycles. The SMILES string of the molecule is CCNC(=O)N1CCCN(CCO)CC1. The zero-order valence-corrected chi connectivity index (χ0v) is 9.41. The predicted octanol–water partition coefficient (Wildman–Crippen LogP) is -0.284. The van der Waals surface area contributed by atoms with Crippen molar-refractivity contribution in [1.82, 2.24) is 15.1 Å². The fourth-order valence-electron chi connectivity index (χ4n) is 1.80. The monoisotopic (exact) mass is 215 g/mol. The zero-order chi connectivity index (χ0) is 11.1. The third-order valence-electron chi connectivity index (χ3n) is 2.62. The number of rotatable bonds is 3. The highest BCUT2D eigenvalue weighted by molar-refractivity contribution is 5.74. The Labute approximate surface area is 91.0 Å². The fraction of sp³-hybridized carbons (Fsp3) is 0.900. The van der Waals surface area contributed by atoms with Crippen LogP contribution >= 0.6 is 0 Å². The number of urea groups is 1. The highest BCUT2D eigenvalue weighted by Gasteiger charge is 2.17. The lowest BCUT2D eigenvalue weighted by molar-refractivity contribution is 0.189. The van der Waals surface area contributed by atoms with Crippen molar-refractivity contribution in [1.29, 1.82) is 0 Å². The van der Waals surface area contributed by atoms with Gasteiger partial charge in [-0.1, -0.05) is 0 Å². The van der Waals surface area contributed by atoms with Crippen LogP contribution < -0.4 is 5.32 Å². The number of hydrogen-bond donors (Lipinski definition) is 2. The quantitative estimate of drug-likeness (QED) is 0.680. The smallest absolute Gasteiger partial charge is 0.317 e. The maximum Gasteiger partial charge on any atom is 0.317 e. The van der Waals surface area contributed by atoms with Crippen LogP contribution in [0.3, 0.4) is 0 Å². The first-order chi connectivity index (χ1) is 7.27. The van der Waals surface area contributed by atoms with Crippen LogP contribution in [0.15, 0.2) is 0 Å². The normalized spacial score (nSPS) is 18.7. The molecule has 88 valence electrons. The summed E-state index contributed by atoms with van der Waals surface area (Å²) >= 11 is 0. The van der Waals surface area contributed by atoms with Gasteiger partial charge < -0.3 is 15.3 Å². The van der Waals surface area contributed by atoms with Crippen LogP contribution in [0.1, 0.15) is 13.3 Å². The van der Waals surface area contributed by atoms with Crippen molar-refractivity contribution >= 4 is 6.03 Å². The molecule has 0 aromatic heterocycles. The number of nitrogens with zero attached hydrogens (tertiary/aromatic N) is 2. The van der Waals surface area contributed by atoms with Crippen molar-refractivity contribution in [3.8, 4) is 0 Å². The van der Waals surface area contributed by atoms with Crippen molar-refractivity contribution in [3.05, 3.63) is 0 Å². The van der Waals surface area contributed by atoms with Crippen molar-refractivity contribution in [2.24, 2.45) is 0 Å². The summed E-state index contributed by atoms with van der Waals surface area (Å²) in [6.45, 7) is 6.90. The maximum absolute atomic E-state index is 11.6. The molecule has 1 aliphatic heterocycles. The highest BCUT2D eigenvalue weighted by atomic mass is 16.3. The minimum atomic E-state index is 0.0309. The van der Waals surface area contributed by atoms with E-state index in [0.717, 1.165) is 32.6 Å². The van der Waals surface area contributed by atoms with Crippen molar-refractivity contribution in [2.75, 3.05) is 45.9 Å². The molecule has 0 aliphatic carbocycles. The summed E-state index contributed by atoms with van der Waals surface area (Å²) in [4.78, 5) is 15.6. The van der Waals surface area contributed by atoms with E-state index in [4.69, 9.17) is 5.11 Å². The molecule has 5 nitrogen and oxygen atoms in total. The zero-order valence-electron chi connectivity index (χ0n) is 9.41. The second-order valence-electron chi connectivity index (χ2n) is 3.74. The van der Waals surface area contributed by atoms with E-state index in [2.05, 4.69) is 10.2 Å². The van der Waals surface area contributed by atoms with Crippen molar-refractivity contribution < 1.29 is 9.90 Å². The molecule has 1 fully saturated rings. The van der Waals surface area contributed by atoms with Gasteiger partial charge in [0.2, 0.25) is 0 Å². The number of carbonyl (C=O) groups excluding carboxylic acids is 1. The molecule has 0 saturated carbocycles. The first kappa shape index (κ1) is 12.3. The molecule has 0 spiro atoms. The van der Waals surface area contributed by atoms with E-state index in [-0.39, 0.29) is 12.6 Å². The van der Waals surface area contributed by atoms with Crippen molar-refractivity contribution in [2.45, 2.75) is 13.3 Å². The number of hydrogen-bond acceptors (Lipinski definition) is 3. The third-order valence-corrected chi connectivity index (χ3v) is 2.62. The molecule has 1 saturated heterocycles. The molecular formula is C10H21N3O2. The van der Waals surface area contributed by atoms with E-state index in [1.165, 1.54) is 0 Å². The summed E-state index contributed by atoms with van der Waals surface area (Å²) in [7, 11) is 0. The van der Waals surface area contributed by atoms with Gasteiger partial charge in [-0.3, -0.25) is 4.90 Å². The molecular weight excluding hydrogens is 194 g/mol. The van der Waals surface area contributed by atoms with Gasteiger partial charge in [0.1, 0.15) is 0 Å². The van der Waals surface area contributed by atoms with E-state index in [0.29, 0.717) is 13.1 Å². The van der Waals surface area contributed by atoms with Gasteiger partial charge in [0.05, 0.1) is 6.61 Å². The van der Waals surface area contributed by atoms with Gasteiger partial charge in [-0.05, 0) is 19.9 Å². The van der Waals surface area contributed by atoms with E-state index in [1.54, 1.807) is 0 Å². The highest BCUT2D eigenvalue weighted by Crippen LogP contribution is 2.02. The molecule has 0 radical (unpaired) electrons. The molecule has 0 aromatic rings. The van der Waals surface area contributed by atoms with Gasteiger partial charge in [0.25, 0.3) is 0 Å². The van der Waals surface area contributed by atoms with Crippen molar-refractivity contribution in [3.63, 3.8) is 0 Å². The molecule has 1 aliphatic rings. The molecule has 2 amide bonds. The molecule has 15 heavy (non-hydrogen) atoms. The third kappa shape index (κ3) is 4.05. The first-order valence-corrected chi connectivity index (χ1v) is 5.64. The molecule has 1 rings (SSSR count). The van der Waals surface area contributed by atoms with Crippen LogP contribution in [0.4, 0.5) is 4.79 Å². The second-order valence-corrected chi connectivity index (χ2v) is 3.74. The molecule has 2 N–H and O–H groups in total. The Bertz CT molecular complexity index is 199. The lowest BCUT2D eigenvalue weighted by Gasteiger charge is -2.21. The fourth-order valence-corrected chi connectivity index (χ4v) is 1.80. The maximum atomic E-state index is 11.6. The largest absolute Gasteiger partial charge is 0.395 e. The van der Waals surface area contributed by atoms with Crippen LogP contribution in [0.25, 0.3) is 0 Å². The van der Waals surface area contributed by atoms with Crippen LogP contribution in [0, 0.1) is 0 Å². The Morgan fingerprint density at radius 3 is 2.80 bits per heavy atom. The summed E-state index contributed by atoms with van der Waals surface area (Å²) in [6.07, 6.45) is 0.983. The number of amides is 2. The lowest BCUT2D eigenvalue weighted by Crippen LogP contribution is -2.42. The van der Waals surface area contributed by atoms with Gasteiger partial charge in [-0.15, -0.1) is 0 Å². The second kappa shape index (κ2) is 6.63. The molecule has 0 bridgehead atoms.